The number of carbonyl (C=O) groups is 1. The summed E-state index contributed by atoms with van der Waals surface area (Å²) in [4.78, 5) is 32.2. The molecule has 0 amide bonds. The summed E-state index contributed by atoms with van der Waals surface area (Å²) < 4.78 is 5.66. The SMILES string of the molecule is COC(=O)CCCn1cccc([N+](=O)[O-])c1=O. The van der Waals surface area contributed by atoms with Crippen LogP contribution in [0.2, 0.25) is 0 Å². The predicted molar refractivity (Wildman–Crippen MR) is 58.6 cm³/mol. The molecule has 7 heteroatoms. The summed E-state index contributed by atoms with van der Waals surface area (Å²) in [6.07, 6.45) is 2.02. The first-order chi connectivity index (χ1) is 8.06. The molecule has 17 heavy (non-hydrogen) atoms. The van der Waals surface area contributed by atoms with Gasteiger partial charge in [-0.25, -0.2) is 0 Å². The summed E-state index contributed by atoms with van der Waals surface area (Å²) in [6, 6.07) is 2.58. The van der Waals surface area contributed by atoms with E-state index in [0.717, 1.165) is 6.07 Å². The van der Waals surface area contributed by atoms with Crippen LogP contribution in [0.1, 0.15) is 12.8 Å². The normalized spacial score (nSPS) is 9.94. The molecule has 0 aromatic carbocycles. The molecule has 0 fully saturated rings. The second kappa shape index (κ2) is 5.78. The Morgan fingerprint density at radius 1 is 1.59 bits per heavy atom. The molecule has 92 valence electrons. The average Bonchev–Trinajstić information content (AvgIpc) is 2.30. The molecule has 1 aromatic heterocycles. The van der Waals surface area contributed by atoms with Crippen LogP contribution in [0.4, 0.5) is 5.69 Å². The fourth-order valence-corrected chi connectivity index (χ4v) is 1.34. The van der Waals surface area contributed by atoms with Crippen LogP contribution in [0.25, 0.3) is 0 Å². The van der Waals surface area contributed by atoms with Gasteiger partial charge in [0.2, 0.25) is 0 Å². The number of rotatable bonds is 5. The maximum absolute atomic E-state index is 11.6. The van der Waals surface area contributed by atoms with Crippen molar-refractivity contribution in [1.29, 1.82) is 0 Å². The van der Waals surface area contributed by atoms with Gasteiger partial charge in [-0.2, -0.15) is 0 Å². The lowest BCUT2D eigenvalue weighted by Gasteiger charge is -2.04. The third-order valence-electron chi connectivity index (χ3n) is 2.20. The van der Waals surface area contributed by atoms with E-state index in [4.69, 9.17) is 0 Å². The summed E-state index contributed by atoms with van der Waals surface area (Å²) in [6.45, 7) is 0.246. The Hall–Kier alpha value is -2.18. The number of hydrogen-bond acceptors (Lipinski definition) is 5. The minimum atomic E-state index is -0.723. The van der Waals surface area contributed by atoms with E-state index in [0.29, 0.717) is 6.42 Å². The molecule has 0 saturated heterocycles. The van der Waals surface area contributed by atoms with Crippen LogP contribution < -0.4 is 5.56 Å². The van der Waals surface area contributed by atoms with E-state index in [1.165, 1.54) is 23.9 Å². The van der Waals surface area contributed by atoms with Crippen molar-refractivity contribution < 1.29 is 14.5 Å². The molecule has 0 saturated carbocycles. The smallest absolute Gasteiger partial charge is 0.334 e. The number of carbonyl (C=O) groups excluding carboxylic acids is 1. The first-order valence-corrected chi connectivity index (χ1v) is 4.97. The average molecular weight is 240 g/mol. The summed E-state index contributed by atoms with van der Waals surface area (Å²) in [7, 11) is 1.28. The number of methoxy groups -OCH3 is 1. The van der Waals surface area contributed by atoms with Crippen LogP contribution in [-0.4, -0.2) is 22.6 Å². The molecule has 0 aliphatic carbocycles. The standard InChI is InChI=1S/C10H12N2O5/c1-17-9(13)5-3-7-11-6-2-4-8(10(11)14)12(15)16/h2,4,6H,3,5,7H2,1H3. The first kappa shape index (κ1) is 12.9. The Morgan fingerprint density at radius 3 is 2.88 bits per heavy atom. The molecule has 0 unspecified atom stereocenters. The first-order valence-electron chi connectivity index (χ1n) is 4.97. The molecule has 1 rings (SSSR count). The molecule has 0 aliphatic heterocycles. The summed E-state index contributed by atoms with van der Waals surface area (Å²) in [5.74, 6) is -0.372. The fraction of sp³-hybridized carbons (Fsp3) is 0.400. The van der Waals surface area contributed by atoms with Crippen LogP contribution >= 0.6 is 0 Å². The van der Waals surface area contributed by atoms with Crippen molar-refractivity contribution in [3.8, 4) is 0 Å². The number of esters is 1. The molecule has 0 radical (unpaired) electrons. The van der Waals surface area contributed by atoms with Gasteiger partial charge in [0.15, 0.2) is 0 Å². The van der Waals surface area contributed by atoms with E-state index in [9.17, 15) is 19.7 Å². The van der Waals surface area contributed by atoms with Crippen molar-refractivity contribution in [2.24, 2.45) is 0 Å². The number of pyridine rings is 1. The second-order valence-electron chi connectivity index (χ2n) is 3.33. The van der Waals surface area contributed by atoms with Gasteiger partial charge in [0.25, 0.3) is 0 Å². The molecule has 0 atom stereocenters. The van der Waals surface area contributed by atoms with E-state index in [-0.39, 0.29) is 18.9 Å². The molecule has 1 aromatic rings. The van der Waals surface area contributed by atoms with Gasteiger partial charge in [0, 0.05) is 25.2 Å². The van der Waals surface area contributed by atoms with Crippen molar-refractivity contribution in [1.82, 2.24) is 4.57 Å². The van der Waals surface area contributed by atoms with Gasteiger partial charge in [0.05, 0.1) is 12.0 Å². The van der Waals surface area contributed by atoms with Crippen LogP contribution in [0, 0.1) is 10.1 Å². The lowest BCUT2D eigenvalue weighted by molar-refractivity contribution is -0.386. The lowest BCUT2D eigenvalue weighted by Crippen LogP contribution is -2.22. The zero-order valence-corrected chi connectivity index (χ0v) is 9.29. The highest BCUT2D eigenvalue weighted by atomic mass is 16.6. The topological polar surface area (TPSA) is 91.4 Å². The van der Waals surface area contributed by atoms with Crippen LogP contribution in [-0.2, 0) is 16.1 Å². The number of nitro groups is 1. The van der Waals surface area contributed by atoms with Crippen LogP contribution in [0.15, 0.2) is 23.1 Å². The molecular formula is C10H12N2O5. The number of aromatic nitrogens is 1. The molecule has 1 heterocycles. The van der Waals surface area contributed by atoms with Crippen LogP contribution in [0.5, 0.6) is 0 Å². The van der Waals surface area contributed by atoms with E-state index >= 15 is 0 Å². The summed E-state index contributed by atoms with van der Waals surface area (Å²) in [5.41, 5.74) is -1.13. The van der Waals surface area contributed by atoms with E-state index in [2.05, 4.69) is 4.74 Å². The van der Waals surface area contributed by atoms with Crippen molar-refractivity contribution in [2.75, 3.05) is 7.11 Å². The minimum absolute atomic E-state index is 0.172. The molecule has 0 aliphatic rings. The van der Waals surface area contributed by atoms with Gasteiger partial charge in [-0.3, -0.25) is 19.7 Å². The van der Waals surface area contributed by atoms with Crippen LogP contribution in [0.3, 0.4) is 0 Å². The fourth-order valence-electron chi connectivity index (χ4n) is 1.34. The van der Waals surface area contributed by atoms with Crippen molar-refractivity contribution in [3.63, 3.8) is 0 Å². The number of ether oxygens (including phenoxy) is 1. The highest BCUT2D eigenvalue weighted by molar-refractivity contribution is 5.68. The highest BCUT2D eigenvalue weighted by Crippen LogP contribution is 2.03. The van der Waals surface area contributed by atoms with Gasteiger partial charge < -0.3 is 9.30 Å². The second-order valence-corrected chi connectivity index (χ2v) is 3.33. The maximum atomic E-state index is 11.6. The van der Waals surface area contributed by atoms with Crippen molar-refractivity contribution in [3.05, 3.63) is 38.8 Å². The number of nitrogens with zero attached hydrogens (tertiary/aromatic N) is 2. The summed E-state index contributed by atoms with van der Waals surface area (Å²) in [5, 5.41) is 10.5. The molecule has 0 spiro atoms. The predicted octanol–water partition coefficient (Wildman–Crippen LogP) is 0.710. The Balaban J connectivity index is 2.72. The van der Waals surface area contributed by atoms with Gasteiger partial charge in [-0.1, -0.05) is 0 Å². The Bertz CT molecular complexity index is 480. The van der Waals surface area contributed by atoms with Gasteiger partial charge in [-0.05, 0) is 12.5 Å². The zero-order chi connectivity index (χ0) is 12.8. The Kier molecular flexibility index (Phi) is 4.38. The van der Waals surface area contributed by atoms with Crippen molar-refractivity contribution >= 4 is 11.7 Å². The van der Waals surface area contributed by atoms with E-state index in [1.807, 2.05) is 0 Å². The number of aryl methyl sites for hydroxylation is 1. The Morgan fingerprint density at radius 2 is 2.29 bits per heavy atom. The lowest BCUT2D eigenvalue weighted by atomic mass is 10.3. The monoisotopic (exact) mass is 240 g/mol. The quantitative estimate of drug-likeness (QED) is 0.429. The maximum Gasteiger partial charge on any atom is 0.334 e. The summed E-state index contributed by atoms with van der Waals surface area (Å²) >= 11 is 0. The van der Waals surface area contributed by atoms with Gasteiger partial charge in [0.1, 0.15) is 0 Å². The van der Waals surface area contributed by atoms with Gasteiger partial charge >= 0.3 is 17.2 Å². The van der Waals surface area contributed by atoms with E-state index < -0.39 is 16.2 Å². The molecular weight excluding hydrogens is 228 g/mol. The largest absolute Gasteiger partial charge is 0.469 e. The molecule has 0 bridgehead atoms. The van der Waals surface area contributed by atoms with E-state index in [1.54, 1.807) is 0 Å². The highest BCUT2D eigenvalue weighted by Gasteiger charge is 2.13. The minimum Gasteiger partial charge on any atom is -0.469 e. The third-order valence-corrected chi connectivity index (χ3v) is 2.20. The third kappa shape index (κ3) is 3.40. The molecule has 7 nitrogen and oxygen atoms in total. The number of hydrogen-bond donors (Lipinski definition) is 0. The van der Waals surface area contributed by atoms with Gasteiger partial charge in [-0.15, -0.1) is 0 Å². The van der Waals surface area contributed by atoms with Crippen molar-refractivity contribution in [2.45, 2.75) is 19.4 Å². The Labute approximate surface area is 96.8 Å². The zero-order valence-electron chi connectivity index (χ0n) is 9.29. The molecule has 0 N–H and O–H groups in total.